The Labute approximate surface area is 220 Å². The van der Waals surface area contributed by atoms with Crippen molar-refractivity contribution >= 4 is 27.8 Å². The molecule has 5 rings (SSSR count). The van der Waals surface area contributed by atoms with Gasteiger partial charge in [0.25, 0.3) is 0 Å². The van der Waals surface area contributed by atoms with Gasteiger partial charge in [-0.25, -0.2) is 4.98 Å². The minimum atomic E-state index is 0.330. The first-order valence-corrected chi connectivity index (χ1v) is 13.3. The number of nitrogens with zero attached hydrogens (tertiary/aromatic N) is 3. The Balaban J connectivity index is 1.68. The van der Waals surface area contributed by atoms with Gasteiger partial charge in [0, 0.05) is 30.0 Å². The van der Waals surface area contributed by atoms with Gasteiger partial charge in [-0.2, -0.15) is 4.57 Å². The zero-order valence-corrected chi connectivity index (χ0v) is 22.7. The molecule has 4 nitrogen and oxygen atoms in total. The van der Waals surface area contributed by atoms with E-state index in [0.29, 0.717) is 17.9 Å². The van der Waals surface area contributed by atoms with Crippen LogP contribution in [0.3, 0.4) is 0 Å². The molecule has 1 aliphatic heterocycles. The van der Waals surface area contributed by atoms with Crippen molar-refractivity contribution in [2.75, 3.05) is 14.1 Å². The molecule has 4 heterocycles. The van der Waals surface area contributed by atoms with Gasteiger partial charge in [-0.1, -0.05) is 49.8 Å². The summed E-state index contributed by atoms with van der Waals surface area (Å²) in [6, 6.07) is 17.0. The van der Waals surface area contributed by atoms with E-state index in [9.17, 15) is 0 Å². The average molecular weight is 493 g/mol. The number of rotatable bonds is 4. The summed E-state index contributed by atoms with van der Waals surface area (Å²) in [6.07, 6.45) is 11.7. The fourth-order valence-electron chi connectivity index (χ4n) is 5.62. The molecule has 0 saturated heterocycles. The minimum absolute atomic E-state index is 0.330. The number of benzene rings is 1. The second kappa shape index (κ2) is 10.5. The second-order valence-electron chi connectivity index (χ2n) is 10.9. The van der Waals surface area contributed by atoms with Gasteiger partial charge in [0.2, 0.25) is 5.69 Å². The molecule has 1 aliphatic rings. The number of hydrogen-bond acceptors (Lipinski definition) is 3. The maximum Gasteiger partial charge on any atom is 0.220 e. The van der Waals surface area contributed by atoms with Gasteiger partial charge in [0.05, 0.1) is 11.3 Å². The van der Waals surface area contributed by atoms with E-state index in [1.165, 1.54) is 5.57 Å². The predicted octanol–water partition coefficient (Wildman–Crippen LogP) is 7.45. The Kier molecular flexibility index (Phi) is 7.12. The van der Waals surface area contributed by atoms with Crippen LogP contribution in [0.4, 0.5) is 0 Å². The Hall–Kier alpha value is -3.50. The van der Waals surface area contributed by atoms with Crippen molar-refractivity contribution in [2.24, 2.45) is 11.8 Å². The molecule has 0 amide bonds. The topological polar surface area (TPSA) is 33.2 Å². The first kappa shape index (κ1) is 25.2. The van der Waals surface area contributed by atoms with Crippen LogP contribution in [0.2, 0.25) is 0 Å². The second-order valence-corrected chi connectivity index (χ2v) is 10.9. The highest BCUT2D eigenvalue weighted by atomic mass is 16.3. The van der Waals surface area contributed by atoms with Crippen molar-refractivity contribution in [3.8, 4) is 11.3 Å². The van der Waals surface area contributed by atoms with E-state index in [1.807, 2.05) is 12.1 Å². The summed E-state index contributed by atoms with van der Waals surface area (Å²) < 4.78 is 8.48. The van der Waals surface area contributed by atoms with Crippen LogP contribution in [-0.2, 0) is 6.42 Å². The molecule has 2 atom stereocenters. The number of para-hydroxylation sites is 1. The van der Waals surface area contributed by atoms with Crippen LogP contribution in [0.25, 0.3) is 39.0 Å². The number of pyridine rings is 2. The summed E-state index contributed by atoms with van der Waals surface area (Å²) in [5.74, 6) is 0.912. The van der Waals surface area contributed by atoms with Crippen molar-refractivity contribution in [3.63, 3.8) is 0 Å². The van der Waals surface area contributed by atoms with E-state index < -0.39 is 0 Å². The highest BCUT2D eigenvalue weighted by molar-refractivity contribution is 6.03. The fraction of sp³-hybridized carbons (Fsp3) is 0.333. The summed E-state index contributed by atoms with van der Waals surface area (Å²) in [4.78, 5) is 7.63. The molecular weight excluding hydrogens is 454 g/mol. The van der Waals surface area contributed by atoms with Crippen molar-refractivity contribution in [1.82, 2.24) is 9.88 Å². The monoisotopic (exact) mass is 492 g/mol. The lowest BCUT2D eigenvalue weighted by Crippen LogP contribution is -2.42. The van der Waals surface area contributed by atoms with E-state index in [-0.39, 0.29) is 0 Å². The van der Waals surface area contributed by atoms with Gasteiger partial charge in [-0.3, -0.25) is 0 Å². The van der Waals surface area contributed by atoms with Crippen LogP contribution in [0, 0.1) is 11.8 Å². The van der Waals surface area contributed by atoms with Gasteiger partial charge in [0.1, 0.15) is 11.1 Å². The average Bonchev–Trinajstić information content (AvgIpc) is 3.24. The first-order chi connectivity index (χ1) is 17.8. The predicted molar refractivity (Wildman–Crippen MR) is 154 cm³/mol. The van der Waals surface area contributed by atoms with Gasteiger partial charge >= 0.3 is 0 Å². The third-order valence-corrected chi connectivity index (χ3v) is 7.61. The molecule has 1 aromatic carbocycles. The molecule has 0 aliphatic carbocycles. The highest BCUT2D eigenvalue weighted by Crippen LogP contribution is 2.35. The lowest BCUT2D eigenvalue weighted by atomic mass is 9.83. The van der Waals surface area contributed by atoms with Crippen molar-refractivity contribution < 1.29 is 8.98 Å². The minimum Gasteiger partial charge on any atom is -0.454 e. The van der Waals surface area contributed by atoms with Gasteiger partial charge in [-0.15, -0.1) is 0 Å². The third kappa shape index (κ3) is 5.03. The van der Waals surface area contributed by atoms with Crippen molar-refractivity contribution in [1.29, 1.82) is 0 Å². The van der Waals surface area contributed by atoms with Crippen LogP contribution in [0.15, 0.2) is 89.5 Å². The quantitative estimate of drug-likeness (QED) is 0.219. The molecule has 3 aromatic heterocycles. The molecule has 0 bridgehead atoms. The number of furan rings is 1. The summed E-state index contributed by atoms with van der Waals surface area (Å²) >= 11 is 0. The van der Waals surface area contributed by atoms with Crippen LogP contribution < -0.4 is 4.57 Å². The van der Waals surface area contributed by atoms with E-state index in [4.69, 9.17) is 9.40 Å². The Morgan fingerprint density at radius 3 is 2.70 bits per heavy atom. The van der Waals surface area contributed by atoms with Crippen LogP contribution >= 0.6 is 0 Å². The number of hydrogen-bond donors (Lipinski definition) is 0. The lowest BCUT2D eigenvalue weighted by molar-refractivity contribution is -0.571. The number of fused-ring (bicyclic) bond motifs is 6. The molecule has 0 fully saturated rings. The first-order valence-electron chi connectivity index (χ1n) is 13.3. The molecule has 4 heteroatoms. The van der Waals surface area contributed by atoms with Crippen LogP contribution in [0.1, 0.15) is 39.3 Å². The van der Waals surface area contributed by atoms with Crippen LogP contribution in [0.5, 0.6) is 0 Å². The number of allylic oxidation sites excluding steroid dienone is 3. The standard InChI is InChI=1S/C33H38N3O/c1-22(2)12-11-13-23(3)25-17-18-28-27(21-32-33(34-28)26-14-7-8-16-31(26)37-32)29-15-9-10-19-36(29)24(4)20-30(25)35(5)6/h7-16,19,21-22,25,30H,4,17-18,20H2,1-3,5-6H3/q+1/b12-11-,23-13+. The van der Waals surface area contributed by atoms with E-state index >= 15 is 0 Å². The van der Waals surface area contributed by atoms with Gasteiger partial charge < -0.3 is 9.32 Å². The molecule has 0 saturated carbocycles. The highest BCUT2D eigenvalue weighted by Gasteiger charge is 2.32. The van der Waals surface area contributed by atoms with E-state index in [0.717, 1.165) is 64.0 Å². The molecule has 4 aromatic rings. The zero-order chi connectivity index (χ0) is 26.1. The van der Waals surface area contributed by atoms with E-state index in [1.54, 1.807) is 0 Å². The lowest BCUT2D eigenvalue weighted by Gasteiger charge is -2.33. The molecule has 0 radical (unpaired) electrons. The Bertz CT molecular complexity index is 1500. The number of aromatic nitrogens is 2. The molecular formula is C33H38N3O+. The van der Waals surface area contributed by atoms with Gasteiger partial charge in [0.15, 0.2) is 17.5 Å². The molecule has 2 unspecified atom stereocenters. The molecule has 37 heavy (non-hydrogen) atoms. The molecule has 0 N–H and O–H groups in total. The molecule has 190 valence electrons. The summed E-state index contributed by atoms with van der Waals surface area (Å²) in [7, 11) is 4.38. The zero-order valence-electron chi connectivity index (χ0n) is 22.7. The Morgan fingerprint density at radius 2 is 1.92 bits per heavy atom. The van der Waals surface area contributed by atoms with Crippen LogP contribution in [-0.4, -0.2) is 30.0 Å². The molecule has 0 spiro atoms. The summed E-state index contributed by atoms with van der Waals surface area (Å²) in [6.45, 7) is 11.3. The van der Waals surface area contributed by atoms with Crippen molar-refractivity contribution in [2.45, 2.75) is 46.1 Å². The van der Waals surface area contributed by atoms with Gasteiger partial charge in [-0.05, 0) is 76.5 Å². The normalized spacial score (nSPS) is 19.2. The van der Waals surface area contributed by atoms with E-state index in [2.05, 4.69) is 112 Å². The maximum absolute atomic E-state index is 6.24. The maximum atomic E-state index is 6.24. The SMILES string of the molecule is C=C1CC(N(C)C)C(/C(C)=C/C=C\C(C)C)CCc2nc3c(cc2-c2cccc[n+]21)oc1ccccc13. The largest absolute Gasteiger partial charge is 0.454 e. The number of aryl methyl sites for hydroxylation is 1. The summed E-state index contributed by atoms with van der Waals surface area (Å²) in [5.41, 5.74) is 8.49. The smallest absolute Gasteiger partial charge is 0.220 e. The Morgan fingerprint density at radius 1 is 1.14 bits per heavy atom. The third-order valence-electron chi connectivity index (χ3n) is 7.61. The fourth-order valence-corrected chi connectivity index (χ4v) is 5.62. The van der Waals surface area contributed by atoms with Crippen molar-refractivity contribution in [3.05, 3.63) is 90.8 Å². The summed E-state index contributed by atoms with van der Waals surface area (Å²) in [5, 5.41) is 1.07.